The molecule has 0 amide bonds. The van der Waals surface area contributed by atoms with Gasteiger partial charge < -0.3 is 0 Å². The second-order valence-corrected chi connectivity index (χ2v) is 7.81. The third kappa shape index (κ3) is 4.64. The Hall–Kier alpha value is -1.87. The normalized spacial score (nSPS) is 11.0. The number of carbonyl (C=O) groups excluding carboxylic acids is 1. The molecule has 0 atom stereocenters. The van der Waals surface area contributed by atoms with Crippen LogP contribution in [0.5, 0.6) is 23.0 Å². The summed E-state index contributed by atoms with van der Waals surface area (Å²) < 4.78 is 21.9. The van der Waals surface area contributed by atoms with Gasteiger partial charge in [0.25, 0.3) is 0 Å². The van der Waals surface area contributed by atoms with Crippen LogP contribution in [0, 0.1) is 0 Å². The molecule has 0 aromatic heterocycles. The van der Waals surface area contributed by atoms with Crippen LogP contribution >= 0.6 is 8.96 Å². The Kier molecular flexibility index (Phi) is 7.65. The molecule has 7 heteroatoms. The van der Waals surface area contributed by atoms with E-state index in [0.29, 0.717) is 28.6 Å². The third-order valence-electron chi connectivity index (χ3n) is 3.69. The molecule has 0 heterocycles. The Morgan fingerprint density at radius 3 is 2.04 bits per heavy atom. The number of rotatable bonds is 8. The molecule has 0 aliphatic heterocycles. The molecular weight excluding hydrogens is 471 g/mol. The van der Waals surface area contributed by atoms with Crippen LogP contribution in [0.3, 0.4) is 0 Å². The zero-order chi connectivity index (χ0) is 19.1. The molecule has 2 aromatic rings. The third-order valence-corrected chi connectivity index (χ3v) is 6.25. The van der Waals surface area contributed by atoms with E-state index in [1.807, 2.05) is 12.1 Å². The fourth-order valence-corrected chi connectivity index (χ4v) is 4.35. The van der Waals surface area contributed by atoms with Crippen molar-refractivity contribution in [3.8, 4) is 23.0 Å². The van der Waals surface area contributed by atoms with Crippen LogP contribution in [0.25, 0.3) is 3.62 Å². The summed E-state index contributed by atoms with van der Waals surface area (Å²) in [6.07, 6.45) is 1.54. The molecule has 0 fully saturated rings. The Morgan fingerprint density at radius 1 is 0.846 bits per heavy atom. The first-order chi connectivity index (χ1) is 12.6. The molecule has 0 radical (unpaired) electrons. The van der Waals surface area contributed by atoms with Gasteiger partial charge in [0.2, 0.25) is 0 Å². The molecule has 2 aromatic carbocycles. The van der Waals surface area contributed by atoms with E-state index in [1.165, 1.54) is 13.2 Å². The average molecular weight is 490 g/mol. The molecular formula is C19H19ClO5Te. The topological polar surface area (TPSA) is 54.0 Å². The molecule has 0 saturated carbocycles. The van der Waals surface area contributed by atoms with Crippen LogP contribution in [0.2, 0.25) is 0 Å². The molecule has 0 aliphatic rings. The van der Waals surface area contributed by atoms with Crippen LogP contribution in [-0.4, -0.2) is 54.0 Å². The van der Waals surface area contributed by atoms with E-state index in [0.717, 1.165) is 9.18 Å². The van der Waals surface area contributed by atoms with E-state index in [2.05, 4.69) is 0 Å². The first kappa shape index (κ1) is 20.4. The molecule has 0 N–H and O–H groups in total. The summed E-state index contributed by atoms with van der Waals surface area (Å²) in [4.78, 5) is 12.8. The van der Waals surface area contributed by atoms with Crippen molar-refractivity contribution in [3.05, 3.63) is 53.6 Å². The van der Waals surface area contributed by atoms with Crippen molar-refractivity contribution in [2.24, 2.45) is 0 Å². The maximum absolute atomic E-state index is 12.8. The van der Waals surface area contributed by atoms with Gasteiger partial charge in [-0.15, -0.1) is 0 Å². The molecule has 0 bridgehead atoms. The molecule has 0 spiro atoms. The summed E-state index contributed by atoms with van der Waals surface area (Å²) in [6.45, 7) is 0. The van der Waals surface area contributed by atoms with Gasteiger partial charge in [-0.2, -0.15) is 0 Å². The molecule has 138 valence electrons. The minimum absolute atomic E-state index is 0.209. The summed E-state index contributed by atoms with van der Waals surface area (Å²) in [5.41, 5.74) is 1.19. The minimum atomic E-state index is -1.10. The number of hydrogen-bond acceptors (Lipinski definition) is 5. The van der Waals surface area contributed by atoms with Crippen molar-refractivity contribution in [1.82, 2.24) is 0 Å². The number of ether oxygens (including phenoxy) is 4. The Balaban J connectivity index is 2.48. The van der Waals surface area contributed by atoms with Gasteiger partial charge in [0.05, 0.1) is 0 Å². The first-order valence-electron chi connectivity index (χ1n) is 7.57. The quantitative estimate of drug-likeness (QED) is 0.320. The van der Waals surface area contributed by atoms with Crippen LogP contribution in [-0.2, 0) is 0 Å². The number of benzene rings is 2. The molecule has 0 saturated heterocycles. The molecule has 5 nitrogen and oxygen atoms in total. The van der Waals surface area contributed by atoms with Gasteiger partial charge in [-0.25, -0.2) is 0 Å². The molecule has 0 aliphatic carbocycles. The van der Waals surface area contributed by atoms with E-state index >= 15 is 0 Å². The fourth-order valence-electron chi connectivity index (χ4n) is 2.35. The summed E-state index contributed by atoms with van der Waals surface area (Å²) in [7, 11) is 12.5. The summed E-state index contributed by atoms with van der Waals surface area (Å²) in [6, 6.07) is 10.5. The van der Waals surface area contributed by atoms with Crippen molar-refractivity contribution < 1.29 is 23.7 Å². The first-order valence-corrected chi connectivity index (χ1v) is 11.7. The summed E-state index contributed by atoms with van der Waals surface area (Å²) in [5, 5.41) is 0. The Bertz CT molecular complexity index is 820. The van der Waals surface area contributed by atoms with Crippen molar-refractivity contribution in [1.29, 1.82) is 0 Å². The molecule has 0 unspecified atom stereocenters. The zero-order valence-electron chi connectivity index (χ0n) is 14.9. The average Bonchev–Trinajstić information content (AvgIpc) is 2.70. The predicted molar refractivity (Wildman–Crippen MR) is 103 cm³/mol. The number of allylic oxidation sites excluding steroid dienone is 1. The van der Waals surface area contributed by atoms with E-state index in [4.69, 9.17) is 27.9 Å². The zero-order valence-corrected chi connectivity index (χ0v) is 18.0. The Labute approximate surface area is 166 Å². The van der Waals surface area contributed by atoms with Gasteiger partial charge in [-0.1, -0.05) is 0 Å². The van der Waals surface area contributed by atoms with E-state index in [9.17, 15) is 4.79 Å². The second-order valence-electron chi connectivity index (χ2n) is 5.08. The Morgan fingerprint density at radius 2 is 1.46 bits per heavy atom. The number of halogens is 1. The van der Waals surface area contributed by atoms with Crippen molar-refractivity contribution in [2.75, 3.05) is 28.4 Å². The van der Waals surface area contributed by atoms with E-state index in [-0.39, 0.29) is 5.78 Å². The van der Waals surface area contributed by atoms with Crippen LogP contribution in [0.4, 0.5) is 0 Å². The number of ketones is 1. The SMILES string of the molecule is COc1ccc(/C(=C/C(=O)c2cc(OC)ccc2OC)[Te]Cl)c(OC)c1. The van der Waals surface area contributed by atoms with Gasteiger partial charge in [0.1, 0.15) is 0 Å². The number of hydrogen-bond donors (Lipinski definition) is 0. The van der Waals surface area contributed by atoms with Gasteiger partial charge in [-0.3, -0.25) is 0 Å². The van der Waals surface area contributed by atoms with Crippen molar-refractivity contribution >= 4 is 38.2 Å². The van der Waals surface area contributed by atoms with Crippen LogP contribution in [0.15, 0.2) is 42.5 Å². The molecule has 26 heavy (non-hydrogen) atoms. The maximum atomic E-state index is 12.8. The summed E-state index contributed by atoms with van der Waals surface area (Å²) >= 11 is -1.10. The fraction of sp³-hybridized carbons (Fsp3) is 0.211. The van der Waals surface area contributed by atoms with Gasteiger partial charge in [-0.05, 0) is 0 Å². The van der Waals surface area contributed by atoms with E-state index < -0.39 is 19.8 Å². The predicted octanol–water partition coefficient (Wildman–Crippen LogP) is 3.80. The van der Waals surface area contributed by atoms with Gasteiger partial charge in [0.15, 0.2) is 0 Å². The second kappa shape index (κ2) is 9.72. The van der Waals surface area contributed by atoms with Crippen molar-refractivity contribution in [3.63, 3.8) is 0 Å². The van der Waals surface area contributed by atoms with Crippen molar-refractivity contribution in [2.45, 2.75) is 0 Å². The monoisotopic (exact) mass is 492 g/mol. The number of methoxy groups -OCH3 is 4. The van der Waals surface area contributed by atoms with Crippen LogP contribution in [0.1, 0.15) is 15.9 Å². The van der Waals surface area contributed by atoms with Gasteiger partial charge >= 0.3 is 167 Å². The summed E-state index contributed by atoms with van der Waals surface area (Å²) in [5.74, 6) is 2.11. The van der Waals surface area contributed by atoms with Gasteiger partial charge in [0, 0.05) is 0 Å². The van der Waals surface area contributed by atoms with E-state index in [1.54, 1.807) is 45.6 Å². The molecule has 2 rings (SSSR count). The standard InChI is InChI=1S/C19H19ClO5Te/c1-22-12-6-8-17(24-3)15(9-12)16(21)11-19(26-20)14-7-5-13(23-2)10-18(14)25-4/h5-11H,1-4H3/b19-11-. The van der Waals surface area contributed by atoms with Crippen LogP contribution < -0.4 is 18.9 Å². The number of carbonyl (C=O) groups is 1.